The lowest BCUT2D eigenvalue weighted by Gasteiger charge is -2.54. The number of piperidine rings is 1. The first kappa shape index (κ1) is 17.1. The van der Waals surface area contributed by atoms with Gasteiger partial charge in [0.15, 0.2) is 0 Å². The largest absolute Gasteiger partial charge is 0.347 e. The highest BCUT2D eigenvalue weighted by Crippen LogP contribution is 2.49. The third-order valence-corrected chi connectivity index (χ3v) is 5.94. The van der Waals surface area contributed by atoms with Gasteiger partial charge in [-0.1, -0.05) is 12.1 Å². The number of hydrogen-bond donors (Lipinski definition) is 1. The Balaban J connectivity index is 1.32. The van der Waals surface area contributed by atoms with Crippen molar-refractivity contribution in [2.45, 2.75) is 38.3 Å². The van der Waals surface area contributed by atoms with Gasteiger partial charge in [0.25, 0.3) is 5.91 Å². The molecule has 2 heterocycles. The molecule has 1 saturated heterocycles. The summed E-state index contributed by atoms with van der Waals surface area (Å²) in [6.07, 6.45) is 8.98. The van der Waals surface area contributed by atoms with Crippen molar-refractivity contribution < 1.29 is 9.18 Å². The van der Waals surface area contributed by atoms with Crippen molar-refractivity contribution >= 4 is 5.91 Å². The summed E-state index contributed by atoms with van der Waals surface area (Å²) in [5.41, 5.74) is 1.74. The van der Waals surface area contributed by atoms with E-state index < -0.39 is 0 Å². The molecule has 1 N–H and O–H groups in total. The highest BCUT2D eigenvalue weighted by atomic mass is 19.1. The second kappa shape index (κ2) is 7.11. The Kier molecular flexibility index (Phi) is 4.68. The van der Waals surface area contributed by atoms with Crippen LogP contribution in [0.1, 0.15) is 41.7 Å². The molecule has 1 spiro atoms. The van der Waals surface area contributed by atoms with Crippen molar-refractivity contribution in [3.05, 3.63) is 59.9 Å². The van der Waals surface area contributed by atoms with Gasteiger partial charge in [-0.3, -0.25) is 14.7 Å². The summed E-state index contributed by atoms with van der Waals surface area (Å²) in [6.45, 7) is 2.87. The van der Waals surface area contributed by atoms with Crippen molar-refractivity contribution in [1.29, 1.82) is 0 Å². The Hall–Kier alpha value is -2.34. The number of nitrogens with one attached hydrogen (secondary N) is 1. The predicted octanol–water partition coefficient (Wildman–Crippen LogP) is 2.79. The molecule has 1 aromatic carbocycles. The van der Waals surface area contributed by atoms with Crippen LogP contribution in [0.4, 0.5) is 4.39 Å². The molecular formula is C20H23FN4O. The second-order valence-corrected chi connectivity index (χ2v) is 7.42. The highest BCUT2D eigenvalue weighted by molar-refractivity contribution is 5.92. The fraction of sp³-hybridized carbons (Fsp3) is 0.450. The van der Waals surface area contributed by atoms with E-state index in [0.29, 0.717) is 5.69 Å². The fourth-order valence-electron chi connectivity index (χ4n) is 4.17. The van der Waals surface area contributed by atoms with Crippen LogP contribution < -0.4 is 5.32 Å². The minimum atomic E-state index is -0.192. The van der Waals surface area contributed by atoms with Crippen LogP contribution in [0.5, 0.6) is 0 Å². The third-order valence-electron chi connectivity index (χ3n) is 5.94. The van der Waals surface area contributed by atoms with Crippen molar-refractivity contribution in [3.63, 3.8) is 0 Å². The number of amides is 1. The average Bonchev–Trinajstić information content (AvgIpc) is 2.68. The highest BCUT2D eigenvalue weighted by Gasteiger charge is 2.48. The molecule has 2 fully saturated rings. The Labute approximate surface area is 152 Å². The zero-order valence-electron chi connectivity index (χ0n) is 14.7. The summed E-state index contributed by atoms with van der Waals surface area (Å²) >= 11 is 0. The molecule has 1 amide bonds. The van der Waals surface area contributed by atoms with E-state index in [1.165, 1.54) is 24.8 Å². The Morgan fingerprint density at radius 1 is 1.19 bits per heavy atom. The summed E-state index contributed by atoms with van der Waals surface area (Å²) in [5.74, 6) is -0.321. The zero-order chi connectivity index (χ0) is 18.0. The lowest BCUT2D eigenvalue weighted by Crippen LogP contribution is -2.59. The van der Waals surface area contributed by atoms with Gasteiger partial charge in [-0.2, -0.15) is 0 Å². The molecule has 1 aliphatic heterocycles. The van der Waals surface area contributed by atoms with Crippen molar-refractivity contribution in [2.24, 2.45) is 5.41 Å². The molecule has 6 heteroatoms. The van der Waals surface area contributed by atoms with Gasteiger partial charge in [0.05, 0.1) is 6.20 Å². The molecule has 1 aliphatic carbocycles. The summed E-state index contributed by atoms with van der Waals surface area (Å²) < 4.78 is 13.0. The van der Waals surface area contributed by atoms with E-state index >= 15 is 0 Å². The molecule has 4 rings (SSSR count). The average molecular weight is 354 g/mol. The van der Waals surface area contributed by atoms with Crippen LogP contribution in [0.15, 0.2) is 42.9 Å². The van der Waals surface area contributed by atoms with Crippen LogP contribution in [-0.4, -0.2) is 39.9 Å². The number of rotatable bonds is 4. The number of benzene rings is 1. The number of hydrogen-bond acceptors (Lipinski definition) is 4. The summed E-state index contributed by atoms with van der Waals surface area (Å²) in [6, 6.07) is 6.97. The maximum Gasteiger partial charge on any atom is 0.271 e. The number of likely N-dealkylation sites (tertiary alicyclic amines) is 1. The van der Waals surface area contributed by atoms with E-state index in [9.17, 15) is 9.18 Å². The van der Waals surface area contributed by atoms with Gasteiger partial charge in [0, 0.05) is 25.0 Å². The number of carbonyl (C=O) groups is 1. The molecule has 1 unspecified atom stereocenters. The van der Waals surface area contributed by atoms with Gasteiger partial charge in [-0.15, -0.1) is 0 Å². The number of nitrogens with zero attached hydrogens (tertiary/aromatic N) is 3. The summed E-state index contributed by atoms with van der Waals surface area (Å²) in [4.78, 5) is 22.8. The van der Waals surface area contributed by atoms with Crippen LogP contribution in [0, 0.1) is 11.2 Å². The summed E-state index contributed by atoms with van der Waals surface area (Å²) in [5, 5.41) is 3.16. The maximum absolute atomic E-state index is 13.0. The standard InChI is InChI=1S/C20H23FN4O/c21-16-3-1-15(2-4-16)14-25-11-7-20(8-12-25)6-5-18(20)24-19(26)17-13-22-9-10-23-17/h1-4,9-10,13,18H,5-8,11-12,14H2,(H,24,26). The lowest BCUT2D eigenvalue weighted by atomic mass is 9.59. The Morgan fingerprint density at radius 3 is 2.58 bits per heavy atom. The van der Waals surface area contributed by atoms with E-state index in [4.69, 9.17) is 0 Å². The molecule has 1 atom stereocenters. The Morgan fingerprint density at radius 2 is 1.96 bits per heavy atom. The first-order valence-corrected chi connectivity index (χ1v) is 9.18. The minimum Gasteiger partial charge on any atom is -0.347 e. The quantitative estimate of drug-likeness (QED) is 0.917. The molecule has 136 valence electrons. The lowest BCUT2D eigenvalue weighted by molar-refractivity contribution is -0.00719. The minimum absolute atomic E-state index is 0.129. The Bertz CT molecular complexity index is 757. The molecule has 2 aliphatic rings. The van der Waals surface area contributed by atoms with E-state index in [0.717, 1.165) is 44.5 Å². The van der Waals surface area contributed by atoms with Crippen molar-refractivity contribution in [2.75, 3.05) is 13.1 Å². The van der Waals surface area contributed by atoms with Gasteiger partial charge in [-0.05, 0) is 61.9 Å². The topological polar surface area (TPSA) is 58.1 Å². The van der Waals surface area contributed by atoms with Gasteiger partial charge >= 0.3 is 0 Å². The van der Waals surface area contributed by atoms with Crippen LogP contribution in [0.25, 0.3) is 0 Å². The molecule has 2 aromatic rings. The van der Waals surface area contributed by atoms with E-state index in [2.05, 4.69) is 20.2 Å². The van der Waals surface area contributed by atoms with Gasteiger partial charge in [-0.25, -0.2) is 9.37 Å². The number of aromatic nitrogens is 2. The molecule has 26 heavy (non-hydrogen) atoms. The normalized spacial score (nSPS) is 22.0. The fourth-order valence-corrected chi connectivity index (χ4v) is 4.17. The van der Waals surface area contributed by atoms with Crippen LogP contribution >= 0.6 is 0 Å². The molecule has 0 bridgehead atoms. The van der Waals surface area contributed by atoms with Crippen molar-refractivity contribution in [3.8, 4) is 0 Å². The van der Waals surface area contributed by atoms with Crippen LogP contribution in [0.2, 0.25) is 0 Å². The van der Waals surface area contributed by atoms with Crippen LogP contribution in [-0.2, 0) is 6.54 Å². The molecule has 1 aromatic heterocycles. The number of carbonyl (C=O) groups excluding carboxylic acids is 1. The van der Waals surface area contributed by atoms with E-state index in [1.807, 2.05) is 12.1 Å². The smallest absolute Gasteiger partial charge is 0.271 e. The summed E-state index contributed by atoms with van der Waals surface area (Å²) in [7, 11) is 0. The monoisotopic (exact) mass is 354 g/mol. The molecule has 5 nitrogen and oxygen atoms in total. The van der Waals surface area contributed by atoms with Gasteiger partial charge in [0.1, 0.15) is 11.5 Å². The maximum atomic E-state index is 13.0. The first-order chi connectivity index (χ1) is 12.6. The van der Waals surface area contributed by atoms with Crippen molar-refractivity contribution in [1.82, 2.24) is 20.2 Å². The third kappa shape index (κ3) is 3.46. The molecule has 0 radical (unpaired) electrons. The predicted molar refractivity (Wildman–Crippen MR) is 95.9 cm³/mol. The zero-order valence-corrected chi connectivity index (χ0v) is 14.7. The van der Waals surface area contributed by atoms with Gasteiger partial charge < -0.3 is 5.32 Å². The van der Waals surface area contributed by atoms with E-state index in [1.54, 1.807) is 12.4 Å². The van der Waals surface area contributed by atoms with Gasteiger partial charge in [0.2, 0.25) is 0 Å². The number of halogens is 1. The molecular weight excluding hydrogens is 331 g/mol. The SMILES string of the molecule is O=C(NC1CCC12CCN(Cc1ccc(F)cc1)CC2)c1cnccn1. The second-order valence-electron chi connectivity index (χ2n) is 7.42. The first-order valence-electron chi connectivity index (χ1n) is 9.18. The van der Waals surface area contributed by atoms with Crippen LogP contribution in [0.3, 0.4) is 0 Å². The molecule has 1 saturated carbocycles. The van der Waals surface area contributed by atoms with E-state index in [-0.39, 0.29) is 23.2 Å².